The van der Waals surface area contributed by atoms with Crippen molar-refractivity contribution in [2.75, 3.05) is 5.73 Å². The van der Waals surface area contributed by atoms with Crippen molar-refractivity contribution in [3.63, 3.8) is 0 Å². The average Bonchev–Trinajstić information content (AvgIpc) is 2.10. The lowest BCUT2D eigenvalue weighted by molar-refractivity contribution is 0.112. The minimum Gasteiger partial charge on any atom is -0.375 e. The number of carbonyl (C=O) groups is 1. The van der Waals surface area contributed by atoms with Gasteiger partial charge in [-0.1, -0.05) is 22.9 Å². The Morgan fingerprint density at radius 2 is 2.44 bits per heavy atom. The van der Waals surface area contributed by atoms with Crippen LogP contribution in [0.15, 0.2) is 0 Å². The second-order valence-corrected chi connectivity index (χ2v) is 2.96. The summed E-state index contributed by atoms with van der Waals surface area (Å²) in [5.74, 6) is 0. The van der Waals surface area contributed by atoms with Crippen molar-refractivity contribution in [1.29, 1.82) is 0 Å². The molecule has 2 N–H and O–H groups in total. The first-order valence-corrected chi connectivity index (χ1v) is 3.30. The van der Waals surface area contributed by atoms with Crippen LogP contribution in [0.1, 0.15) is 10.5 Å². The maximum Gasteiger partial charge on any atom is 0.182 e. The molecule has 0 saturated carbocycles. The van der Waals surface area contributed by atoms with Crippen LogP contribution in [-0.2, 0) is 0 Å². The number of aromatic nitrogens is 1. The van der Waals surface area contributed by atoms with Crippen LogP contribution in [0.4, 0.5) is 5.13 Å². The van der Waals surface area contributed by atoms with Crippen LogP contribution in [0.5, 0.6) is 0 Å². The van der Waals surface area contributed by atoms with Gasteiger partial charge in [-0.15, -0.1) is 0 Å². The summed E-state index contributed by atoms with van der Waals surface area (Å²) in [5, 5.41) is 0.321. The second kappa shape index (κ2) is 2.33. The van der Waals surface area contributed by atoms with Crippen molar-refractivity contribution >= 4 is 34.4 Å². The van der Waals surface area contributed by atoms with Crippen molar-refractivity contribution in [2.45, 2.75) is 0 Å². The van der Waals surface area contributed by atoms with E-state index < -0.39 is 0 Å². The highest BCUT2D eigenvalue weighted by Gasteiger charge is 2.03. The zero-order valence-corrected chi connectivity index (χ0v) is 5.87. The van der Waals surface area contributed by atoms with Crippen molar-refractivity contribution in [3.05, 3.63) is 10.0 Å². The van der Waals surface area contributed by atoms with Gasteiger partial charge in [-0.05, 0) is 0 Å². The fraction of sp³-hybridized carbons (Fsp3) is 0. The van der Waals surface area contributed by atoms with Crippen LogP contribution in [0.2, 0.25) is 4.34 Å². The summed E-state index contributed by atoms with van der Waals surface area (Å²) in [6.07, 6.45) is 0.579. The summed E-state index contributed by atoms with van der Waals surface area (Å²) in [6.45, 7) is 0. The van der Waals surface area contributed by atoms with E-state index in [1.54, 1.807) is 0 Å². The molecule has 0 aliphatic rings. The smallest absolute Gasteiger partial charge is 0.182 e. The molecule has 5 heteroatoms. The highest BCUT2D eigenvalue weighted by atomic mass is 35.5. The average molecular weight is 163 g/mol. The quantitative estimate of drug-likeness (QED) is 0.632. The van der Waals surface area contributed by atoms with E-state index in [-0.39, 0.29) is 5.69 Å². The van der Waals surface area contributed by atoms with Crippen LogP contribution in [0, 0.1) is 0 Å². The van der Waals surface area contributed by atoms with Crippen LogP contribution in [0.25, 0.3) is 0 Å². The molecular weight excluding hydrogens is 160 g/mol. The zero-order chi connectivity index (χ0) is 6.85. The molecule has 3 nitrogen and oxygen atoms in total. The first-order chi connectivity index (χ1) is 4.24. The van der Waals surface area contributed by atoms with E-state index in [9.17, 15) is 4.79 Å². The van der Waals surface area contributed by atoms with Gasteiger partial charge in [0.2, 0.25) is 0 Å². The molecule has 0 spiro atoms. The number of nitrogens with zero attached hydrogens (tertiary/aromatic N) is 1. The molecule has 0 radical (unpaired) electrons. The van der Waals surface area contributed by atoms with E-state index in [0.717, 1.165) is 11.3 Å². The fourth-order valence-corrected chi connectivity index (χ4v) is 1.25. The fourth-order valence-electron chi connectivity index (χ4n) is 0.402. The Morgan fingerprint density at radius 3 is 2.67 bits per heavy atom. The lowest BCUT2D eigenvalue weighted by atomic mass is 10.6. The largest absolute Gasteiger partial charge is 0.375 e. The molecule has 1 heterocycles. The summed E-state index contributed by atoms with van der Waals surface area (Å²) in [7, 11) is 0. The van der Waals surface area contributed by atoms with Gasteiger partial charge < -0.3 is 5.73 Å². The van der Waals surface area contributed by atoms with Crippen molar-refractivity contribution in [2.24, 2.45) is 0 Å². The normalized spacial score (nSPS) is 9.44. The SMILES string of the molecule is Nc1nc(C=O)c(Cl)s1. The molecule has 1 rings (SSSR count). The molecule has 1 aromatic heterocycles. The number of nitrogen functional groups attached to an aromatic ring is 1. The Kier molecular flexibility index (Phi) is 1.68. The van der Waals surface area contributed by atoms with E-state index in [0.29, 0.717) is 15.8 Å². The van der Waals surface area contributed by atoms with Gasteiger partial charge in [-0.25, -0.2) is 4.98 Å². The maximum absolute atomic E-state index is 10.0. The number of thiazole rings is 1. The topological polar surface area (TPSA) is 56.0 Å². The number of halogens is 1. The van der Waals surface area contributed by atoms with Gasteiger partial charge in [0.15, 0.2) is 11.4 Å². The highest BCUT2D eigenvalue weighted by molar-refractivity contribution is 7.19. The Hall–Kier alpha value is -0.610. The van der Waals surface area contributed by atoms with Crippen molar-refractivity contribution in [3.8, 4) is 0 Å². The van der Waals surface area contributed by atoms with E-state index in [4.69, 9.17) is 17.3 Å². The van der Waals surface area contributed by atoms with E-state index in [2.05, 4.69) is 4.98 Å². The predicted octanol–water partition coefficient (Wildman–Crippen LogP) is 1.19. The van der Waals surface area contributed by atoms with E-state index in [1.165, 1.54) is 0 Å². The summed E-state index contributed by atoms with van der Waals surface area (Å²) in [4.78, 5) is 13.7. The molecule has 0 aliphatic carbocycles. The number of anilines is 1. The maximum atomic E-state index is 10.0. The second-order valence-electron chi connectivity index (χ2n) is 1.33. The van der Waals surface area contributed by atoms with Gasteiger partial charge in [0.1, 0.15) is 10.0 Å². The molecule has 0 amide bonds. The zero-order valence-electron chi connectivity index (χ0n) is 4.30. The first-order valence-electron chi connectivity index (χ1n) is 2.11. The third-order valence-electron chi connectivity index (χ3n) is 0.738. The number of carbonyl (C=O) groups excluding carboxylic acids is 1. The van der Waals surface area contributed by atoms with Gasteiger partial charge in [0, 0.05) is 0 Å². The predicted molar refractivity (Wildman–Crippen MR) is 36.9 cm³/mol. The standard InChI is InChI=1S/C4H3ClN2OS/c5-3-2(1-8)7-4(6)9-3/h1H,(H2,6,7). The number of nitrogens with two attached hydrogens (primary N) is 1. The van der Waals surface area contributed by atoms with Crippen molar-refractivity contribution < 1.29 is 4.79 Å². The van der Waals surface area contributed by atoms with Crippen LogP contribution in [-0.4, -0.2) is 11.3 Å². The van der Waals surface area contributed by atoms with Gasteiger partial charge in [0.05, 0.1) is 0 Å². The van der Waals surface area contributed by atoms with E-state index >= 15 is 0 Å². The lowest BCUT2D eigenvalue weighted by Crippen LogP contribution is -1.83. The molecule has 0 aromatic carbocycles. The van der Waals surface area contributed by atoms with Crippen LogP contribution < -0.4 is 5.73 Å². The minimum atomic E-state index is 0.221. The van der Waals surface area contributed by atoms with Gasteiger partial charge in [-0.2, -0.15) is 0 Å². The molecular formula is C4H3ClN2OS. The molecule has 0 fully saturated rings. The first kappa shape index (κ1) is 6.51. The minimum absolute atomic E-state index is 0.221. The number of hydrogen-bond donors (Lipinski definition) is 1. The summed E-state index contributed by atoms with van der Waals surface area (Å²) < 4.78 is 0.350. The summed E-state index contributed by atoms with van der Waals surface area (Å²) in [6, 6.07) is 0. The highest BCUT2D eigenvalue weighted by Crippen LogP contribution is 2.23. The molecule has 1 aromatic rings. The summed E-state index contributed by atoms with van der Waals surface area (Å²) in [5.41, 5.74) is 5.44. The lowest BCUT2D eigenvalue weighted by Gasteiger charge is -1.74. The molecule has 9 heavy (non-hydrogen) atoms. The monoisotopic (exact) mass is 162 g/mol. The van der Waals surface area contributed by atoms with Gasteiger partial charge in [0.25, 0.3) is 0 Å². The number of aldehydes is 1. The Balaban J connectivity index is 3.15. The third-order valence-corrected chi connectivity index (χ3v) is 1.85. The Morgan fingerprint density at radius 1 is 1.78 bits per heavy atom. The molecule has 0 bridgehead atoms. The van der Waals surface area contributed by atoms with Gasteiger partial charge >= 0.3 is 0 Å². The molecule has 48 valence electrons. The van der Waals surface area contributed by atoms with Crippen LogP contribution >= 0.6 is 22.9 Å². The van der Waals surface area contributed by atoms with Gasteiger partial charge in [-0.3, -0.25) is 4.79 Å². The molecule has 0 unspecified atom stereocenters. The van der Waals surface area contributed by atoms with Crippen LogP contribution in [0.3, 0.4) is 0 Å². The van der Waals surface area contributed by atoms with E-state index in [1.807, 2.05) is 0 Å². The van der Waals surface area contributed by atoms with Crippen molar-refractivity contribution in [1.82, 2.24) is 4.98 Å². The Bertz CT molecular complexity index is 234. The third kappa shape index (κ3) is 1.20. The molecule has 0 saturated heterocycles. The molecule has 0 atom stereocenters. The Labute approximate surface area is 60.5 Å². The number of rotatable bonds is 1. The number of hydrogen-bond acceptors (Lipinski definition) is 4. The summed E-state index contributed by atoms with van der Waals surface area (Å²) >= 11 is 6.58. The molecule has 0 aliphatic heterocycles.